The van der Waals surface area contributed by atoms with Gasteiger partial charge in [0.05, 0.1) is 6.04 Å². The summed E-state index contributed by atoms with van der Waals surface area (Å²) in [5.41, 5.74) is 5.49. The summed E-state index contributed by atoms with van der Waals surface area (Å²) in [6.07, 6.45) is -1.71. The highest BCUT2D eigenvalue weighted by atomic mass is 19.4. The van der Waals surface area contributed by atoms with Crippen molar-refractivity contribution in [2.24, 2.45) is 5.73 Å². The van der Waals surface area contributed by atoms with E-state index < -0.39 is 12.1 Å². The number of nitrogens with two attached hydrogens (primary N) is 1. The number of alkyl halides is 3. The van der Waals surface area contributed by atoms with Gasteiger partial charge in [0.25, 0.3) is 0 Å². The van der Waals surface area contributed by atoms with Crippen LogP contribution in [0.1, 0.15) is 18.8 Å². The summed E-state index contributed by atoms with van der Waals surface area (Å²) in [5, 5.41) is 7.12. The standard InChI is InChI=1S/C6H9N3.C2HF3O2/c1-5(7)6-8-3-2-4-9-6;3-2(4,5)1(6)7/h2-5H,7H2,1H3;(H,6,7). The second-order valence-corrected chi connectivity index (χ2v) is 2.70. The molecule has 5 nitrogen and oxygen atoms in total. The van der Waals surface area contributed by atoms with Gasteiger partial charge < -0.3 is 10.8 Å². The van der Waals surface area contributed by atoms with Crippen LogP contribution in [-0.4, -0.2) is 27.2 Å². The van der Waals surface area contributed by atoms with Crippen LogP contribution in [0.25, 0.3) is 0 Å². The molecule has 0 bridgehead atoms. The van der Waals surface area contributed by atoms with Gasteiger partial charge in [0.15, 0.2) is 0 Å². The maximum absolute atomic E-state index is 10.6. The Kier molecular flexibility index (Phi) is 5.37. The number of carbonyl (C=O) groups is 1. The second kappa shape index (κ2) is 6.01. The van der Waals surface area contributed by atoms with Crippen molar-refractivity contribution in [1.29, 1.82) is 0 Å². The summed E-state index contributed by atoms with van der Waals surface area (Å²) in [4.78, 5) is 16.8. The predicted molar refractivity (Wildman–Crippen MR) is 48.3 cm³/mol. The Morgan fingerprint density at radius 2 is 1.81 bits per heavy atom. The van der Waals surface area contributed by atoms with Crippen molar-refractivity contribution < 1.29 is 23.1 Å². The average Bonchev–Trinajstić information content (AvgIpc) is 2.18. The molecule has 1 aromatic rings. The summed E-state index contributed by atoms with van der Waals surface area (Å²) in [6.45, 7) is 1.86. The lowest BCUT2D eigenvalue weighted by molar-refractivity contribution is -0.192. The third kappa shape index (κ3) is 5.91. The number of rotatable bonds is 1. The molecule has 90 valence electrons. The Labute approximate surface area is 89.1 Å². The average molecular weight is 237 g/mol. The van der Waals surface area contributed by atoms with E-state index in [9.17, 15) is 13.2 Å². The molecule has 0 aliphatic rings. The summed E-state index contributed by atoms with van der Waals surface area (Å²) >= 11 is 0. The van der Waals surface area contributed by atoms with Gasteiger partial charge in [-0.15, -0.1) is 0 Å². The summed E-state index contributed by atoms with van der Waals surface area (Å²) in [5.74, 6) is -2.06. The minimum Gasteiger partial charge on any atom is -0.475 e. The zero-order chi connectivity index (χ0) is 12.8. The lowest BCUT2D eigenvalue weighted by atomic mass is 10.3. The van der Waals surface area contributed by atoms with Gasteiger partial charge in [0.2, 0.25) is 0 Å². The van der Waals surface area contributed by atoms with Gasteiger partial charge >= 0.3 is 12.1 Å². The molecule has 0 saturated heterocycles. The molecular formula is C8H10F3N3O2. The van der Waals surface area contributed by atoms with Crippen molar-refractivity contribution in [2.45, 2.75) is 19.1 Å². The Bertz CT molecular complexity index is 327. The van der Waals surface area contributed by atoms with Crippen LogP contribution in [0.3, 0.4) is 0 Å². The number of aliphatic carboxylic acids is 1. The van der Waals surface area contributed by atoms with E-state index in [0.717, 1.165) is 0 Å². The van der Waals surface area contributed by atoms with Crippen LogP contribution in [0.2, 0.25) is 0 Å². The van der Waals surface area contributed by atoms with Crippen LogP contribution >= 0.6 is 0 Å². The zero-order valence-electron chi connectivity index (χ0n) is 8.27. The monoisotopic (exact) mass is 237 g/mol. The highest BCUT2D eigenvalue weighted by Crippen LogP contribution is 2.13. The number of carboxylic acids is 1. The van der Waals surface area contributed by atoms with E-state index in [0.29, 0.717) is 5.82 Å². The number of nitrogens with zero attached hydrogens (tertiary/aromatic N) is 2. The first-order valence-electron chi connectivity index (χ1n) is 4.07. The van der Waals surface area contributed by atoms with Crippen molar-refractivity contribution in [2.75, 3.05) is 0 Å². The Morgan fingerprint density at radius 3 is 2.00 bits per heavy atom. The van der Waals surface area contributed by atoms with Gasteiger partial charge in [-0.05, 0) is 13.0 Å². The smallest absolute Gasteiger partial charge is 0.475 e. The van der Waals surface area contributed by atoms with Gasteiger partial charge in [0, 0.05) is 12.4 Å². The highest BCUT2D eigenvalue weighted by Gasteiger charge is 2.38. The van der Waals surface area contributed by atoms with E-state index in [1.807, 2.05) is 6.92 Å². The van der Waals surface area contributed by atoms with E-state index in [-0.39, 0.29) is 6.04 Å². The molecular weight excluding hydrogens is 227 g/mol. The maximum Gasteiger partial charge on any atom is 0.490 e. The fourth-order valence-electron chi connectivity index (χ4n) is 0.546. The normalized spacial score (nSPS) is 12.3. The predicted octanol–water partition coefficient (Wildman–Crippen LogP) is 1.13. The fraction of sp³-hybridized carbons (Fsp3) is 0.375. The van der Waals surface area contributed by atoms with Gasteiger partial charge in [-0.2, -0.15) is 13.2 Å². The minimum atomic E-state index is -5.08. The van der Waals surface area contributed by atoms with Gasteiger partial charge in [0.1, 0.15) is 5.82 Å². The van der Waals surface area contributed by atoms with Crippen molar-refractivity contribution in [3.8, 4) is 0 Å². The van der Waals surface area contributed by atoms with Gasteiger partial charge in [-0.3, -0.25) is 0 Å². The van der Waals surface area contributed by atoms with Crippen molar-refractivity contribution >= 4 is 5.97 Å². The van der Waals surface area contributed by atoms with E-state index in [1.165, 1.54) is 0 Å². The molecule has 0 saturated carbocycles. The lowest BCUT2D eigenvalue weighted by Gasteiger charge is -1.99. The van der Waals surface area contributed by atoms with Crippen LogP contribution in [0.5, 0.6) is 0 Å². The third-order valence-electron chi connectivity index (χ3n) is 1.24. The molecule has 1 unspecified atom stereocenters. The second-order valence-electron chi connectivity index (χ2n) is 2.70. The third-order valence-corrected chi connectivity index (χ3v) is 1.24. The van der Waals surface area contributed by atoms with E-state index in [2.05, 4.69) is 9.97 Å². The molecule has 0 aliphatic heterocycles. The molecule has 0 spiro atoms. The first-order chi connectivity index (χ1) is 7.25. The van der Waals surface area contributed by atoms with E-state index in [4.69, 9.17) is 15.6 Å². The molecule has 1 atom stereocenters. The molecule has 0 fully saturated rings. The van der Waals surface area contributed by atoms with E-state index in [1.54, 1.807) is 18.5 Å². The SMILES string of the molecule is CC(N)c1ncccn1.O=C(O)C(F)(F)F. The van der Waals surface area contributed by atoms with E-state index >= 15 is 0 Å². The molecule has 16 heavy (non-hydrogen) atoms. The fourth-order valence-corrected chi connectivity index (χ4v) is 0.546. The molecule has 1 rings (SSSR count). The molecule has 8 heteroatoms. The Balaban J connectivity index is 0.000000293. The maximum atomic E-state index is 10.6. The van der Waals surface area contributed by atoms with Crippen LogP contribution in [0, 0.1) is 0 Å². The number of hydrogen-bond acceptors (Lipinski definition) is 4. The van der Waals surface area contributed by atoms with Crippen LogP contribution in [-0.2, 0) is 4.79 Å². The number of hydrogen-bond donors (Lipinski definition) is 2. The molecule has 3 N–H and O–H groups in total. The number of aromatic nitrogens is 2. The van der Waals surface area contributed by atoms with Crippen LogP contribution in [0.15, 0.2) is 18.5 Å². The Hall–Kier alpha value is -1.70. The largest absolute Gasteiger partial charge is 0.490 e. The van der Waals surface area contributed by atoms with Crippen LogP contribution < -0.4 is 5.73 Å². The first-order valence-corrected chi connectivity index (χ1v) is 4.07. The van der Waals surface area contributed by atoms with Crippen molar-refractivity contribution in [3.05, 3.63) is 24.3 Å². The summed E-state index contributed by atoms with van der Waals surface area (Å²) < 4.78 is 31.7. The quantitative estimate of drug-likeness (QED) is 0.764. The molecule has 0 aliphatic carbocycles. The van der Waals surface area contributed by atoms with Crippen LogP contribution in [0.4, 0.5) is 13.2 Å². The first kappa shape index (κ1) is 14.3. The molecule has 0 radical (unpaired) electrons. The lowest BCUT2D eigenvalue weighted by Crippen LogP contribution is -2.21. The number of halogens is 3. The summed E-state index contributed by atoms with van der Waals surface area (Å²) in [6, 6.07) is 1.71. The number of carboxylic acid groups (broad SMARTS) is 1. The minimum absolute atomic E-state index is 0.0637. The Morgan fingerprint density at radius 1 is 1.44 bits per heavy atom. The molecule has 0 amide bonds. The van der Waals surface area contributed by atoms with Gasteiger partial charge in [-0.1, -0.05) is 0 Å². The van der Waals surface area contributed by atoms with Crippen molar-refractivity contribution in [1.82, 2.24) is 9.97 Å². The molecule has 0 aromatic carbocycles. The topological polar surface area (TPSA) is 89.1 Å². The van der Waals surface area contributed by atoms with Gasteiger partial charge in [-0.25, -0.2) is 14.8 Å². The summed E-state index contributed by atoms with van der Waals surface area (Å²) in [7, 11) is 0. The molecule has 1 heterocycles. The highest BCUT2D eigenvalue weighted by molar-refractivity contribution is 5.73. The zero-order valence-corrected chi connectivity index (χ0v) is 8.27. The van der Waals surface area contributed by atoms with Crippen molar-refractivity contribution in [3.63, 3.8) is 0 Å². The molecule has 1 aromatic heterocycles.